The number of ether oxygens (including phenoxy) is 1. The first-order valence-electron chi connectivity index (χ1n) is 4.75. The van der Waals surface area contributed by atoms with Crippen LogP contribution >= 0.6 is 34.2 Å². The first-order chi connectivity index (χ1) is 8.08. The molecule has 0 amide bonds. The van der Waals surface area contributed by atoms with E-state index in [2.05, 4.69) is 9.97 Å². The highest BCUT2D eigenvalue weighted by Gasteiger charge is 2.09. The Balaban J connectivity index is 2.38. The molecule has 1 aromatic carbocycles. The molecule has 1 N–H and O–H groups in total. The molecule has 1 aromatic heterocycles. The van der Waals surface area contributed by atoms with Gasteiger partial charge in [0.05, 0.1) is 6.33 Å². The predicted molar refractivity (Wildman–Crippen MR) is 73.8 cm³/mol. The lowest BCUT2D eigenvalue weighted by Gasteiger charge is -2.08. The van der Waals surface area contributed by atoms with Crippen molar-refractivity contribution in [2.45, 2.75) is 6.92 Å². The van der Waals surface area contributed by atoms with E-state index in [4.69, 9.17) is 16.3 Å². The van der Waals surface area contributed by atoms with Crippen LogP contribution in [0.25, 0.3) is 0 Å². The van der Waals surface area contributed by atoms with Gasteiger partial charge in [0, 0.05) is 5.02 Å². The second-order valence-electron chi connectivity index (χ2n) is 3.36. The summed E-state index contributed by atoms with van der Waals surface area (Å²) in [6.07, 6.45) is 1.31. The van der Waals surface area contributed by atoms with Crippen LogP contribution in [0.15, 0.2) is 29.3 Å². The Morgan fingerprint density at radius 1 is 1.47 bits per heavy atom. The van der Waals surface area contributed by atoms with Crippen molar-refractivity contribution in [2.75, 3.05) is 0 Å². The summed E-state index contributed by atoms with van der Waals surface area (Å²) < 4.78 is 5.99. The lowest BCUT2D eigenvalue weighted by atomic mass is 10.2. The van der Waals surface area contributed by atoms with E-state index in [9.17, 15) is 4.79 Å². The van der Waals surface area contributed by atoms with Crippen molar-refractivity contribution in [2.24, 2.45) is 0 Å². The zero-order valence-corrected chi connectivity index (χ0v) is 11.7. The van der Waals surface area contributed by atoms with Gasteiger partial charge in [-0.2, -0.15) is 0 Å². The summed E-state index contributed by atoms with van der Waals surface area (Å²) in [5.74, 6) is 0.921. The maximum absolute atomic E-state index is 11.4. The Kier molecular flexibility index (Phi) is 3.68. The maximum Gasteiger partial charge on any atom is 0.268 e. The first-order valence-corrected chi connectivity index (χ1v) is 6.21. The summed E-state index contributed by atoms with van der Waals surface area (Å²) in [4.78, 5) is 17.8. The summed E-state index contributed by atoms with van der Waals surface area (Å²) in [7, 11) is 0. The molecule has 0 aliphatic rings. The zero-order valence-electron chi connectivity index (χ0n) is 8.83. The van der Waals surface area contributed by atoms with Crippen LogP contribution in [0.3, 0.4) is 0 Å². The monoisotopic (exact) mass is 362 g/mol. The van der Waals surface area contributed by atoms with E-state index in [1.54, 1.807) is 18.2 Å². The van der Waals surface area contributed by atoms with Gasteiger partial charge in [-0.25, -0.2) is 4.98 Å². The molecule has 4 nitrogen and oxygen atoms in total. The van der Waals surface area contributed by atoms with E-state index in [1.165, 1.54) is 6.33 Å². The van der Waals surface area contributed by atoms with Crippen LogP contribution in [0.5, 0.6) is 11.6 Å². The number of hydrogen-bond donors (Lipinski definition) is 1. The van der Waals surface area contributed by atoms with Gasteiger partial charge < -0.3 is 9.72 Å². The minimum Gasteiger partial charge on any atom is -0.437 e. The van der Waals surface area contributed by atoms with E-state index in [0.717, 1.165) is 5.56 Å². The van der Waals surface area contributed by atoms with Crippen LogP contribution in [-0.2, 0) is 0 Å². The number of hydrogen-bond acceptors (Lipinski definition) is 3. The quantitative estimate of drug-likeness (QED) is 0.835. The molecule has 0 radical (unpaired) electrons. The molecule has 2 aromatic rings. The van der Waals surface area contributed by atoms with Gasteiger partial charge in [-0.15, -0.1) is 0 Å². The van der Waals surface area contributed by atoms with Gasteiger partial charge >= 0.3 is 0 Å². The molecule has 1 heterocycles. The van der Waals surface area contributed by atoms with Crippen molar-refractivity contribution in [1.29, 1.82) is 0 Å². The van der Waals surface area contributed by atoms with E-state index in [0.29, 0.717) is 20.2 Å². The molecule has 88 valence electrons. The fourth-order valence-corrected chi connectivity index (χ4v) is 1.90. The van der Waals surface area contributed by atoms with Crippen LogP contribution in [-0.4, -0.2) is 9.97 Å². The number of aromatic nitrogens is 2. The first kappa shape index (κ1) is 12.4. The fourth-order valence-electron chi connectivity index (χ4n) is 1.27. The zero-order chi connectivity index (χ0) is 12.4. The third kappa shape index (κ3) is 2.78. The molecule has 0 saturated carbocycles. The predicted octanol–water partition coefficient (Wildman–Crippen LogP) is 3.13. The molecule has 0 spiro atoms. The van der Waals surface area contributed by atoms with Crippen molar-refractivity contribution in [3.05, 3.63) is 49.0 Å². The highest BCUT2D eigenvalue weighted by molar-refractivity contribution is 14.1. The molecule has 0 unspecified atom stereocenters. The largest absolute Gasteiger partial charge is 0.437 e. The summed E-state index contributed by atoms with van der Waals surface area (Å²) >= 11 is 7.74. The second-order valence-corrected chi connectivity index (χ2v) is 4.88. The van der Waals surface area contributed by atoms with Crippen molar-refractivity contribution in [3.8, 4) is 11.6 Å². The molecular weight excluding hydrogens is 354 g/mol. The van der Waals surface area contributed by atoms with Crippen LogP contribution in [0, 0.1) is 10.5 Å². The van der Waals surface area contributed by atoms with E-state index in [-0.39, 0.29) is 5.56 Å². The molecule has 0 aliphatic heterocycles. The summed E-state index contributed by atoms with van der Waals surface area (Å²) in [5, 5.41) is 0.642. The number of halogens is 2. The number of aromatic amines is 1. The average molecular weight is 363 g/mol. The van der Waals surface area contributed by atoms with Gasteiger partial charge in [-0.3, -0.25) is 4.79 Å². The van der Waals surface area contributed by atoms with Gasteiger partial charge in [0.25, 0.3) is 5.56 Å². The SMILES string of the molecule is Cc1cc(Cl)ccc1Oc1nc[nH]c(=O)c1I. The third-order valence-electron chi connectivity index (χ3n) is 2.11. The highest BCUT2D eigenvalue weighted by Crippen LogP contribution is 2.27. The second kappa shape index (κ2) is 5.05. The lowest BCUT2D eigenvalue weighted by Crippen LogP contribution is -2.11. The van der Waals surface area contributed by atoms with E-state index in [1.807, 2.05) is 29.5 Å². The number of H-pyrrole nitrogens is 1. The van der Waals surface area contributed by atoms with Crippen LogP contribution in [0.1, 0.15) is 5.56 Å². The molecule has 0 atom stereocenters. The van der Waals surface area contributed by atoms with Crippen LogP contribution < -0.4 is 10.3 Å². The number of nitrogens with zero attached hydrogens (tertiary/aromatic N) is 1. The molecule has 6 heteroatoms. The van der Waals surface area contributed by atoms with Crippen molar-refractivity contribution in [3.63, 3.8) is 0 Å². The Hall–Kier alpha value is -1.08. The number of benzene rings is 1. The van der Waals surface area contributed by atoms with E-state index >= 15 is 0 Å². The minimum atomic E-state index is -0.220. The third-order valence-corrected chi connectivity index (χ3v) is 3.29. The number of aryl methyl sites for hydroxylation is 1. The highest BCUT2D eigenvalue weighted by atomic mass is 127. The number of nitrogens with one attached hydrogen (secondary N) is 1. The number of rotatable bonds is 2. The Labute approximate surface area is 116 Å². The molecule has 0 fully saturated rings. The molecule has 17 heavy (non-hydrogen) atoms. The molecular formula is C11H8ClIN2O2. The van der Waals surface area contributed by atoms with Gasteiger partial charge in [0.2, 0.25) is 5.88 Å². The Morgan fingerprint density at radius 3 is 2.94 bits per heavy atom. The normalized spacial score (nSPS) is 10.3. The van der Waals surface area contributed by atoms with Crippen LogP contribution in [0.4, 0.5) is 0 Å². The molecule has 2 rings (SSSR count). The Bertz CT molecular complexity index is 613. The lowest BCUT2D eigenvalue weighted by molar-refractivity contribution is 0.453. The summed E-state index contributed by atoms with van der Waals surface area (Å²) in [5.41, 5.74) is 0.664. The van der Waals surface area contributed by atoms with Crippen molar-refractivity contribution < 1.29 is 4.74 Å². The summed E-state index contributed by atoms with van der Waals surface area (Å²) in [6.45, 7) is 1.88. The molecule has 0 bridgehead atoms. The standard InChI is InChI=1S/C11H8ClIN2O2/c1-6-4-7(12)2-3-8(6)17-11-9(13)10(16)14-5-15-11/h2-5H,1H3,(H,14,15,16). The van der Waals surface area contributed by atoms with Gasteiger partial charge in [0.15, 0.2) is 0 Å². The minimum absolute atomic E-state index is 0.220. The smallest absolute Gasteiger partial charge is 0.268 e. The fraction of sp³-hybridized carbons (Fsp3) is 0.0909. The van der Waals surface area contributed by atoms with Gasteiger partial charge in [-0.1, -0.05) is 11.6 Å². The van der Waals surface area contributed by atoms with Crippen molar-refractivity contribution >= 4 is 34.2 Å². The average Bonchev–Trinajstić information content (AvgIpc) is 2.28. The molecule has 0 aliphatic carbocycles. The topological polar surface area (TPSA) is 55.0 Å². The molecule has 0 saturated heterocycles. The van der Waals surface area contributed by atoms with Gasteiger partial charge in [0.1, 0.15) is 9.32 Å². The maximum atomic E-state index is 11.4. The summed E-state index contributed by atoms with van der Waals surface area (Å²) in [6, 6.07) is 5.26. The van der Waals surface area contributed by atoms with E-state index < -0.39 is 0 Å². The van der Waals surface area contributed by atoms with Gasteiger partial charge in [-0.05, 0) is 53.3 Å². The van der Waals surface area contributed by atoms with Crippen LogP contribution in [0.2, 0.25) is 5.02 Å². The van der Waals surface area contributed by atoms with Crippen molar-refractivity contribution in [1.82, 2.24) is 9.97 Å². The Morgan fingerprint density at radius 2 is 2.24 bits per heavy atom.